The van der Waals surface area contributed by atoms with Gasteiger partial charge in [0.05, 0.1) is 16.8 Å². The summed E-state index contributed by atoms with van der Waals surface area (Å²) in [6.45, 7) is 0. The molecule has 0 amide bonds. The molecular weight excluding hydrogens is 224 g/mol. The number of nitrogens with zero attached hydrogens (tertiary/aromatic N) is 2. The molecule has 0 aliphatic rings. The maximum atomic E-state index is 13.5. The highest BCUT2D eigenvalue weighted by molar-refractivity contribution is 5.64. The minimum absolute atomic E-state index is 0.0485. The second-order valence-electron chi connectivity index (χ2n) is 3.34. The molecule has 84 valence electrons. The molecule has 0 aliphatic heterocycles. The van der Waals surface area contributed by atoms with Crippen LogP contribution >= 0.6 is 0 Å². The van der Waals surface area contributed by atoms with E-state index in [1.807, 2.05) is 6.07 Å². The van der Waals surface area contributed by atoms with Crippen LogP contribution in [0.4, 0.5) is 14.6 Å². The Morgan fingerprint density at radius 3 is 2.29 bits per heavy atom. The number of pyridine rings is 1. The molecule has 0 radical (unpaired) electrons. The lowest BCUT2D eigenvalue weighted by Crippen LogP contribution is -1.98. The van der Waals surface area contributed by atoms with Crippen LogP contribution in [0.5, 0.6) is 0 Å². The minimum atomic E-state index is -0.721. The Labute approximate surface area is 96.1 Å². The van der Waals surface area contributed by atoms with Gasteiger partial charge in [0.1, 0.15) is 23.5 Å². The molecule has 0 saturated heterocycles. The van der Waals surface area contributed by atoms with E-state index in [4.69, 9.17) is 11.0 Å². The van der Waals surface area contributed by atoms with Crippen LogP contribution in [0.15, 0.2) is 30.3 Å². The molecule has 0 spiro atoms. The molecule has 2 rings (SSSR count). The van der Waals surface area contributed by atoms with Crippen molar-refractivity contribution in [2.75, 3.05) is 5.73 Å². The fraction of sp³-hybridized carbons (Fsp3) is 0. The van der Waals surface area contributed by atoms with Crippen LogP contribution in [0.1, 0.15) is 5.56 Å². The van der Waals surface area contributed by atoms with Gasteiger partial charge in [-0.3, -0.25) is 0 Å². The molecule has 0 bridgehead atoms. The topological polar surface area (TPSA) is 62.7 Å². The molecule has 5 heteroatoms. The number of nitrogen functional groups attached to an aromatic ring is 1. The SMILES string of the molecule is N#Cc1ccc(-c2c(F)cccc2F)nc1N. The van der Waals surface area contributed by atoms with Gasteiger partial charge in [0.2, 0.25) is 0 Å². The standard InChI is InChI=1S/C12H7F2N3/c13-8-2-1-3-9(14)11(8)10-5-4-7(6-15)12(16)17-10/h1-5H,(H2,16,17). The van der Waals surface area contributed by atoms with Crippen LogP contribution in [0, 0.1) is 23.0 Å². The summed E-state index contributed by atoms with van der Waals surface area (Å²) in [5.41, 5.74) is 5.48. The average molecular weight is 231 g/mol. The second kappa shape index (κ2) is 4.18. The number of hydrogen-bond acceptors (Lipinski definition) is 3. The number of aromatic nitrogens is 1. The monoisotopic (exact) mass is 231 g/mol. The number of benzene rings is 1. The van der Waals surface area contributed by atoms with Crippen LogP contribution in [-0.2, 0) is 0 Å². The van der Waals surface area contributed by atoms with Crippen LogP contribution in [-0.4, -0.2) is 4.98 Å². The molecule has 1 heterocycles. The first-order valence-corrected chi connectivity index (χ1v) is 4.74. The van der Waals surface area contributed by atoms with Crippen LogP contribution in [0.3, 0.4) is 0 Å². The third-order valence-electron chi connectivity index (χ3n) is 2.26. The lowest BCUT2D eigenvalue weighted by atomic mass is 10.1. The van der Waals surface area contributed by atoms with Gasteiger partial charge in [0, 0.05) is 0 Å². The van der Waals surface area contributed by atoms with Gasteiger partial charge in [-0.1, -0.05) is 6.07 Å². The van der Waals surface area contributed by atoms with Crippen molar-refractivity contribution in [1.82, 2.24) is 4.98 Å². The van der Waals surface area contributed by atoms with E-state index in [2.05, 4.69) is 4.98 Å². The third-order valence-corrected chi connectivity index (χ3v) is 2.26. The molecule has 17 heavy (non-hydrogen) atoms. The van der Waals surface area contributed by atoms with Gasteiger partial charge in [0.15, 0.2) is 0 Å². The fourth-order valence-electron chi connectivity index (χ4n) is 1.45. The van der Waals surface area contributed by atoms with Crippen molar-refractivity contribution in [3.8, 4) is 17.3 Å². The normalized spacial score (nSPS) is 9.94. The maximum Gasteiger partial charge on any atom is 0.142 e. The highest BCUT2D eigenvalue weighted by Crippen LogP contribution is 2.25. The first-order chi connectivity index (χ1) is 8.13. The second-order valence-corrected chi connectivity index (χ2v) is 3.34. The summed E-state index contributed by atoms with van der Waals surface area (Å²) in [6.07, 6.45) is 0. The number of nitrogens with two attached hydrogens (primary N) is 1. The molecule has 2 N–H and O–H groups in total. The van der Waals surface area contributed by atoms with Crippen molar-refractivity contribution < 1.29 is 8.78 Å². The lowest BCUT2D eigenvalue weighted by molar-refractivity contribution is 0.588. The summed E-state index contributed by atoms with van der Waals surface area (Å²) >= 11 is 0. The zero-order valence-corrected chi connectivity index (χ0v) is 8.61. The molecule has 0 atom stereocenters. The van der Waals surface area contributed by atoms with Crippen LogP contribution in [0.25, 0.3) is 11.3 Å². The molecule has 0 fully saturated rings. The van der Waals surface area contributed by atoms with E-state index in [9.17, 15) is 8.78 Å². The molecule has 0 aliphatic carbocycles. The van der Waals surface area contributed by atoms with Crippen molar-refractivity contribution in [3.05, 3.63) is 47.5 Å². The van der Waals surface area contributed by atoms with Gasteiger partial charge in [-0.2, -0.15) is 5.26 Å². The molecule has 0 unspecified atom stereocenters. The number of anilines is 1. The van der Waals surface area contributed by atoms with Gasteiger partial charge in [-0.05, 0) is 24.3 Å². The van der Waals surface area contributed by atoms with Gasteiger partial charge < -0.3 is 5.73 Å². The fourth-order valence-corrected chi connectivity index (χ4v) is 1.45. The Bertz CT molecular complexity index is 597. The van der Waals surface area contributed by atoms with Crippen LogP contribution < -0.4 is 5.73 Å². The summed E-state index contributed by atoms with van der Waals surface area (Å²) in [7, 11) is 0. The highest BCUT2D eigenvalue weighted by atomic mass is 19.1. The van der Waals surface area contributed by atoms with Crippen molar-refractivity contribution >= 4 is 5.82 Å². The Morgan fingerprint density at radius 1 is 1.12 bits per heavy atom. The minimum Gasteiger partial charge on any atom is -0.383 e. The first kappa shape index (κ1) is 11.0. The largest absolute Gasteiger partial charge is 0.383 e. The lowest BCUT2D eigenvalue weighted by Gasteiger charge is -2.05. The summed E-state index contributed by atoms with van der Waals surface area (Å²) in [4.78, 5) is 3.81. The molecule has 0 saturated carbocycles. The Balaban J connectivity index is 2.63. The summed E-state index contributed by atoms with van der Waals surface area (Å²) in [5, 5.41) is 8.67. The molecule has 2 aromatic rings. The molecule has 1 aromatic carbocycles. The zero-order chi connectivity index (χ0) is 12.4. The zero-order valence-electron chi connectivity index (χ0n) is 8.61. The molecular formula is C12H7F2N3. The first-order valence-electron chi connectivity index (χ1n) is 4.74. The average Bonchev–Trinajstić information content (AvgIpc) is 2.29. The smallest absolute Gasteiger partial charge is 0.142 e. The number of nitriles is 1. The van der Waals surface area contributed by atoms with Gasteiger partial charge in [-0.15, -0.1) is 0 Å². The summed E-state index contributed by atoms with van der Waals surface area (Å²) < 4.78 is 26.9. The molecule has 1 aromatic heterocycles. The van der Waals surface area contributed by atoms with Crippen LogP contribution in [0.2, 0.25) is 0 Å². The van der Waals surface area contributed by atoms with Crippen molar-refractivity contribution in [3.63, 3.8) is 0 Å². The van der Waals surface area contributed by atoms with E-state index >= 15 is 0 Å². The predicted octanol–water partition coefficient (Wildman–Crippen LogP) is 2.48. The van der Waals surface area contributed by atoms with Crippen molar-refractivity contribution in [2.45, 2.75) is 0 Å². The van der Waals surface area contributed by atoms with E-state index in [1.165, 1.54) is 18.2 Å². The Morgan fingerprint density at radius 2 is 1.76 bits per heavy atom. The number of rotatable bonds is 1. The maximum absolute atomic E-state index is 13.5. The predicted molar refractivity (Wildman–Crippen MR) is 58.7 cm³/mol. The van der Waals surface area contributed by atoms with Gasteiger partial charge >= 0.3 is 0 Å². The Kier molecular flexibility index (Phi) is 2.71. The van der Waals surface area contributed by atoms with E-state index < -0.39 is 11.6 Å². The number of halogens is 2. The Hall–Kier alpha value is -2.48. The summed E-state index contributed by atoms with van der Waals surface area (Å²) in [5.74, 6) is -1.49. The molecule has 3 nitrogen and oxygen atoms in total. The highest BCUT2D eigenvalue weighted by Gasteiger charge is 2.13. The summed E-state index contributed by atoms with van der Waals surface area (Å²) in [6, 6.07) is 8.10. The van der Waals surface area contributed by atoms with E-state index in [0.29, 0.717) is 0 Å². The van der Waals surface area contributed by atoms with E-state index in [0.717, 1.165) is 12.1 Å². The van der Waals surface area contributed by atoms with E-state index in [-0.39, 0.29) is 22.6 Å². The number of hydrogen-bond donors (Lipinski definition) is 1. The third kappa shape index (κ3) is 1.93. The van der Waals surface area contributed by atoms with Crippen molar-refractivity contribution in [1.29, 1.82) is 5.26 Å². The quantitative estimate of drug-likeness (QED) is 0.820. The van der Waals surface area contributed by atoms with Gasteiger partial charge in [-0.25, -0.2) is 13.8 Å². The van der Waals surface area contributed by atoms with E-state index in [1.54, 1.807) is 0 Å². The van der Waals surface area contributed by atoms with Crippen molar-refractivity contribution in [2.24, 2.45) is 0 Å². The van der Waals surface area contributed by atoms with Gasteiger partial charge in [0.25, 0.3) is 0 Å².